The molecule has 0 unspecified atom stereocenters. The van der Waals surface area contributed by atoms with Crippen molar-refractivity contribution in [3.05, 3.63) is 56.6 Å². The first-order chi connectivity index (χ1) is 8.58. The normalized spacial score (nSPS) is 10.1. The summed E-state index contributed by atoms with van der Waals surface area (Å²) in [4.78, 5) is 11.2. The van der Waals surface area contributed by atoms with E-state index in [0.717, 1.165) is 9.26 Å². The van der Waals surface area contributed by atoms with Gasteiger partial charge in [0.25, 0.3) is 0 Å². The van der Waals surface area contributed by atoms with Crippen LogP contribution in [-0.4, -0.2) is 11.1 Å². The Balaban J connectivity index is 2.37. The van der Waals surface area contributed by atoms with Crippen LogP contribution in [-0.2, 0) is 0 Å². The van der Waals surface area contributed by atoms with E-state index in [-0.39, 0.29) is 10.6 Å². The third-order valence-corrected chi connectivity index (χ3v) is 3.38. The van der Waals surface area contributed by atoms with E-state index in [1.807, 2.05) is 24.3 Å². The van der Waals surface area contributed by atoms with Gasteiger partial charge in [0.15, 0.2) is 0 Å². The number of benzene rings is 2. The van der Waals surface area contributed by atoms with E-state index < -0.39 is 5.97 Å². The molecule has 0 atom stereocenters. The van der Waals surface area contributed by atoms with Crippen LogP contribution in [0.15, 0.2) is 42.5 Å². The highest BCUT2D eigenvalue weighted by atomic mass is 127. The summed E-state index contributed by atoms with van der Waals surface area (Å²) in [5, 5.41) is 12.4. The molecule has 0 aliphatic heterocycles. The number of carbonyl (C=O) groups is 1. The van der Waals surface area contributed by atoms with Crippen LogP contribution in [0.2, 0.25) is 5.02 Å². The summed E-state index contributed by atoms with van der Waals surface area (Å²) in [7, 11) is 0. The summed E-state index contributed by atoms with van der Waals surface area (Å²) in [5.41, 5.74) is 1.38. The summed E-state index contributed by atoms with van der Waals surface area (Å²) in [6.07, 6.45) is 0. The van der Waals surface area contributed by atoms with Crippen molar-refractivity contribution in [3.63, 3.8) is 0 Å². The highest BCUT2D eigenvalue weighted by Crippen LogP contribution is 2.27. The molecule has 0 radical (unpaired) electrons. The van der Waals surface area contributed by atoms with Gasteiger partial charge in [-0.3, -0.25) is 0 Å². The standard InChI is InChI=1S/C13H9ClINO2/c14-10-2-1-3-11(12(10)13(17)18)16-9-6-4-8(15)5-7-9/h1-7,16H,(H,17,18). The number of aromatic carboxylic acids is 1. The van der Waals surface area contributed by atoms with E-state index in [1.54, 1.807) is 18.2 Å². The first kappa shape index (κ1) is 13.2. The van der Waals surface area contributed by atoms with Gasteiger partial charge in [-0.05, 0) is 59.0 Å². The molecular weight excluding hydrogens is 365 g/mol. The summed E-state index contributed by atoms with van der Waals surface area (Å²) >= 11 is 8.10. The maximum Gasteiger partial charge on any atom is 0.339 e. The molecule has 0 amide bonds. The van der Waals surface area contributed by atoms with Gasteiger partial charge in [0.2, 0.25) is 0 Å². The zero-order chi connectivity index (χ0) is 13.1. The lowest BCUT2D eigenvalue weighted by Crippen LogP contribution is -2.03. The Kier molecular flexibility index (Phi) is 4.08. The minimum absolute atomic E-state index is 0.0812. The second kappa shape index (κ2) is 5.58. The molecule has 18 heavy (non-hydrogen) atoms. The van der Waals surface area contributed by atoms with Gasteiger partial charge in [0, 0.05) is 9.26 Å². The fourth-order valence-electron chi connectivity index (χ4n) is 1.53. The van der Waals surface area contributed by atoms with E-state index >= 15 is 0 Å². The molecular formula is C13H9ClINO2. The van der Waals surface area contributed by atoms with Crippen molar-refractivity contribution in [2.75, 3.05) is 5.32 Å². The molecule has 0 aromatic heterocycles. The highest BCUT2D eigenvalue weighted by Gasteiger charge is 2.14. The number of anilines is 2. The quantitative estimate of drug-likeness (QED) is 0.785. The number of carboxylic acid groups (broad SMARTS) is 1. The van der Waals surface area contributed by atoms with Crippen LogP contribution in [0.4, 0.5) is 11.4 Å². The lowest BCUT2D eigenvalue weighted by Gasteiger charge is -2.10. The minimum atomic E-state index is -1.05. The van der Waals surface area contributed by atoms with Crippen LogP contribution < -0.4 is 5.32 Å². The molecule has 0 bridgehead atoms. The first-order valence-corrected chi connectivity index (χ1v) is 6.58. The lowest BCUT2D eigenvalue weighted by atomic mass is 10.1. The number of nitrogens with one attached hydrogen (secondary N) is 1. The number of halogens is 2. The summed E-state index contributed by atoms with van der Waals surface area (Å²) in [6, 6.07) is 12.6. The summed E-state index contributed by atoms with van der Waals surface area (Å²) in [6.45, 7) is 0. The van der Waals surface area contributed by atoms with Crippen LogP contribution in [0.5, 0.6) is 0 Å². The van der Waals surface area contributed by atoms with Gasteiger partial charge in [-0.2, -0.15) is 0 Å². The Morgan fingerprint density at radius 1 is 1.17 bits per heavy atom. The van der Waals surface area contributed by atoms with E-state index in [0.29, 0.717) is 5.69 Å². The maximum atomic E-state index is 11.2. The van der Waals surface area contributed by atoms with Gasteiger partial charge in [0.05, 0.1) is 10.7 Å². The van der Waals surface area contributed by atoms with Crippen LogP contribution in [0, 0.1) is 3.57 Å². The smallest absolute Gasteiger partial charge is 0.339 e. The number of carboxylic acids is 1. The van der Waals surface area contributed by atoms with Crippen molar-refractivity contribution in [2.45, 2.75) is 0 Å². The fourth-order valence-corrected chi connectivity index (χ4v) is 2.15. The Morgan fingerprint density at radius 2 is 1.83 bits per heavy atom. The van der Waals surface area contributed by atoms with Crippen LogP contribution in [0.25, 0.3) is 0 Å². The molecule has 0 aliphatic carbocycles. The Bertz CT molecular complexity index is 584. The Morgan fingerprint density at radius 3 is 2.44 bits per heavy atom. The van der Waals surface area contributed by atoms with Gasteiger partial charge < -0.3 is 10.4 Å². The van der Waals surface area contributed by atoms with Crippen LogP contribution in [0.3, 0.4) is 0 Å². The third-order valence-electron chi connectivity index (χ3n) is 2.35. The molecule has 2 N–H and O–H groups in total. The van der Waals surface area contributed by atoms with E-state index in [9.17, 15) is 4.79 Å². The molecule has 2 aromatic rings. The van der Waals surface area contributed by atoms with Crippen molar-refractivity contribution in [1.82, 2.24) is 0 Å². The topological polar surface area (TPSA) is 49.3 Å². The van der Waals surface area contributed by atoms with E-state index in [4.69, 9.17) is 16.7 Å². The second-order valence-corrected chi connectivity index (χ2v) is 5.25. The monoisotopic (exact) mass is 373 g/mol. The minimum Gasteiger partial charge on any atom is -0.478 e. The summed E-state index contributed by atoms with van der Waals surface area (Å²) < 4.78 is 1.11. The molecule has 3 nitrogen and oxygen atoms in total. The molecule has 0 aliphatic rings. The zero-order valence-electron chi connectivity index (χ0n) is 9.15. The number of hydrogen-bond acceptors (Lipinski definition) is 2. The number of hydrogen-bond donors (Lipinski definition) is 2. The average Bonchev–Trinajstić information content (AvgIpc) is 2.32. The molecule has 2 aromatic carbocycles. The van der Waals surface area contributed by atoms with Crippen molar-refractivity contribution in [3.8, 4) is 0 Å². The molecule has 0 saturated heterocycles. The van der Waals surface area contributed by atoms with E-state index in [2.05, 4.69) is 27.9 Å². The highest BCUT2D eigenvalue weighted by molar-refractivity contribution is 14.1. The summed E-state index contributed by atoms with van der Waals surface area (Å²) in [5.74, 6) is -1.05. The third kappa shape index (κ3) is 2.94. The van der Waals surface area contributed by atoms with Crippen LogP contribution >= 0.6 is 34.2 Å². The Hall–Kier alpha value is -1.27. The predicted octanol–water partition coefficient (Wildman–Crippen LogP) is 4.39. The SMILES string of the molecule is O=C(O)c1c(Cl)cccc1Nc1ccc(I)cc1. The lowest BCUT2D eigenvalue weighted by molar-refractivity contribution is 0.0698. The van der Waals surface area contributed by atoms with Gasteiger partial charge in [0.1, 0.15) is 5.56 Å². The largest absolute Gasteiger partial charge is 0.478 e. The Labute approximate surface area is 123 Å². The van der Waals surface area contributed by atoms with Crippen LogP contribution in [0.1, 0.15) is 10.4 Å². The van der Waals surface area contributed by atoms with Crippen molar-refractivity contribution >= 4 is 51.5 Å². The van der Waals surface area contributed by atoms with E-state index in [1.165, 1.54) is 0 Å². The second-order valence-electron chi connectivity index (χ2n) is 3.60. The zero-order valence-corrected chi connectivity index (χ0v) is 12.1. The fraction of sp³-hybridized carbons (Fsp3) is 0. The van der Waals surface area contributed by atoms with Crippen molar-refractivity contribution < 1.29 is 9.90 Å². The molecule has 92 valence electrons. The molecule has 2 rings (SSSR count). The van der Waals surface area contributed by atoms with Crippen molar-refractivity contribution in [1.29, 1.82) is 0 Å². The molecule has 0 spiro atoms. The van der Waals surface area contributed by atoms with Gasteiger partial charge in [-0.25, -0.2) is 4.79 Å². The molecule has 0 heterocycles. The predicted molar refractivity (Wildman–Crippen MR) is 80.9 cm³/mol. The first-order valence-electron chi connectivity index (χ1n) is 5.12. The van der Waals surface area contributed by atoms with Gasteiger partial charge in [-0.15, -0.1) is 0 Å². The molecule has 5 heteroatoms. The van der Waals surface area contributed by atoms with Crippen molar-refractivity contribution in [2.24, 2.45) is 0 Å². The van der Waals surface area contributed by atoms with Gasteiger partial charge >= 0.3 is 5.97 Å². The average molecular weight is 374 g/mol. The molecule has 0 saturated carbocycles. The van der Waals surface area contributed by atoms with Gasteiger partial charge in [-0.1, -0.05) is 17.7 Å². The number of rotatable bonds is 3. The molecule has 0 fully saturated rings. The maximum absolute atomic E-state index is 11.2.